The van der Waals surface area contributed by atoms with Crippen LogP contribution in [0.4, 0.5) is 10.2 Å². The molecule has 1 heterocycles. The molecule has 0 amide bonds. The van der Waals surface area contributed by atoms with Gasteiger partial charge in [-0.15, -0.1) is 0 Å². The van der Waals surface area contributed by atoms with Gasteiger partial charge in [-0.25, -0.2) is 4.39 Å². The molecule has 0 aliphatic heterocycles. The number of allylic oxidation sites excluding steroid dienone is 2. The lowest BCUT2D eigenvalue weighted by Gasteiger charge is -2.10. The number of aliphatic imine (C=N–C) groups is 1. The number of H-pyrrole nitrogens is 1. The predicted molar refractivity (Wildman–Crippen MR) is 105 cm³/mol. The summed E-state index contributed by atoms with van der Waals surface area (Å²) in [6, 6.07) is 12.6. The van der Waals surface area contributed by atoms with Crippen LogP contribution in [0.15, 0.2) is 65.4 Å². The van der Waals surface area contributed by atoms with Crippen LogP contribution >= 0.6 is 0 Å². The number of aromatic amines is 1. The first kappa shape index (κ1) is 17.4. The molecule has 132 valence electrons. The van der Waals surface area contributed by atoms with Gasteiger partial charge in [0.15, 0.2) is 5.82 Å². The van der Waals surface area contributed by atoms with Crippen LogP contribution in [0.3, 0.4) is 0 Å². The number of anilines is 1. The Hall–Kier alpha value is -3.41. The number of nitrogens with zero attached hydrogens (tertiary/aromatic N) is 2. The summed E-state index contributed by atoms with van der Waals surface area (Å²) in [6.45, 7) is 5.84. The molecule has 0 aliphatic carbocycles. The SMILES string of the molecule is C=N/C=C(\C=C(/C)c1ccc2[nH]nc(N)c2c1)NCc1ccccc1F. The van der Waals surface area contributed by atoms with Gasteiger partial charge in [0.1, 0.15) is 5.82 Å². The number of aromatic nitrogens is 2. The molecule has 3 rings (SSSR count). The maximum absolute atomic E-state index is 13.8. The fourth-order valence-electron chi connectivity index (χ4n) is 2.67. The summed E-state index contributed by atoms with van der Waals surface area (Å²) < 4.78 is 13.8. The van der Waals surface area contributed by atoms with E-state index in [9.17, 15) is 4.39 Å². The second-order valence-electron chi connectivity index (χ2n) is 5.91. The van der Waals surface area contributed by atoms with Gasteiger partial charge in [-0.05, 0) is 49.1 Å². The van der Waals surface area contributed by atoms with Crippen LogP contribution in [-0.2, 0) is 6.54 Å². The van der Waals surface area contributed by atoms with Crippen LogP contribution < -0.4 is 11.1 Å². The maximum atomic E-state index is 13.8. The third-order valence-corrected chi connectivity index (χ3v) is 4.09. The Morgan fingerprint density at radius 1 is 1.35 bits per heavy atom. The number of nitrogens with two attached hydrogens (primary N) is 1. The molecular formula is C20H20FN5. The molecule has 0 fully saturated rings. The predicted octanol–water partition coefficient (Wildman–Crippen LogP) is 4.02. The van der Waals surface area contributed by atoms with Crippen molar-refractivity contribution >= 4 is 29.0 Å². The summed E-state index contributed by atoms with van der Waals surface area (Å²) in [5.74, 6) is 0.225. The van der Waals surface area contributed by atoms with Gasteiger partial charge in [-0.2, -0.15) is 5.10 Å². The topological polar surface area (TPSA) is 79.1 Å². The quantitative estimate of drug-likeness (QED) is 0.464. The summed E-state index contributed by atoms with van der Waals surface area (Å²) in [4.78, 5) is 3.83. The van der Waals surface area contributed by atoms with E-state index in [1.807, 2.05) is 31.2 Å². The number of rotatable bonds is 6. The van der Waals surface area contributed by atoms with Crippen molar-refractivity contribution in [3.8, 4) is 0 Å². The normalized spacial score (nSPS) is 12.4. The van der Waals surface area contributed by atoms with Crippen LogP contribution in [0.25, 0.3) is 16.5 Å². The molecule has 6 heteroatoms. The van der Waals surface area contributed by atoms with E-state index in [-0.39, 0.29) is 5.82 Å². The van der Waals surface area contributed by atoms with Crippen molar-refractivity contribution in [2.24, 2.45) is 4.99 Å². The van der Waals surface area contributed by atoms with Gasteiger partial charge in [0.25, 0.3) is 0 Å². The van der Waals surface area contributed by atoms with Crippen LogP contribution in [-0.4, -0.2) is 16.9 Å². The first-order chi connectivity index (χ1) is 12.6. The summed E-state index contributed by atoms with van der Waals surface area (Å²) in [6.07, 6.45) is 3.54. The average Bonchev–Trinajstić information content (AvgIpc) is 3.01. The van der Waals surface area contributed by atoms with E-state index in [0.29, 0.717) is 17.9 Å². The Bertz CT molecular complexity index is 1000. The van der Waals surface area contributed by atoms with Crippen LogP contribution in [0, 0.1) is 5.82 Å². The molecule has 0 aliphatic rings. The zero-order valence-electron chi connectivity index (χ0n) is 14.5. The number of hydrogen-bond acceptors (Lipinski definition) is 4. The third-order valence-electron chi connectivity index (χ3n) is 4.09. The van der Waals surface area contributed by atoms with Gasteiger partial charge >= 0.3 is 0 Å². The van der Waals surface area contributed by atoms with Gasteiger partial charge < -0.3 is 11.1 Å². The van der Waals surface area contributed by atoms with Crippen molar-refractivity contribution in [3.63, 3.8) is 0 Å². The van der Waals surface area contributed by atoms with E-state index in [1.54, 1.807) is 24.4 Å². The molecule has 0 atom stereocenters. The summed E-state index contributed by atoms with van der Waals surface area (Å²) >= 11 is 0. The summed E-state index contributed by atoms with van der Waals surface area (Å²) in [7, 11) is 0. The lowest BCUT2D eigenvalue weighted by molar-refractivity contribution is 0.602. The molecule has 0 saturated heterocycles. The zero-order chi connectivity index (χ0) is 18.5. The Kier molecular flexibility index (Phi) is 5.12. The average molecular weight is 349 g/mol. The number of hydrogen-bond donors (Lipinski definition) is 3. The van der Waals surface area contributed by atoms with Crippen molar-refractivity contribution in [1.29, 1.82) is 0 Å². The molecule has 0 spiro atoms. The third kappa shape index (κ3) is 3.80. The zero-order valence-corrected chi connectivity index (χ0v) is 14.5. The minimum atomic E-state index is -0.243. The first-order valence-corrected chi connectivity index (χ1v) is 8.14. The molecule has 0 radical (unpaired) electrons. The fraction of sp³-hybridized carbons (Fsp3) is 0.100. The van der Waals surface area contributed by atoms with E-state index in [4.69, 9.17) is 5.73 Å². The molecule has 5 nitrogen and oxygen atoms in total. The molecule has 2 aromatic carbocycles. The van der Waals surface area contributed by atoms with Gasteiger partial charge in [0, 0.05) is 23.7 Å². The molecule has 0 saturated carbocycles. The lowest BCUT2D eigenvalue weighted by atomic mass is 10.0. The fourth-order valence-corrected chi connectivity index (χ4v) is 2.67. The van der Waals surface area contributed by atoms with Crippen molar-refractivity contribution in [3.05, 3.63) is 77.4 Å². The van der Waals surface area contributed by atoms with E-state index in [2.05, 4.69) is 27.2 Å². The van der Waals surface area contributed by atoms with E-state index >= 15 is 0 Å². The molecule has 26 heavy (non-hydrogen) atoms. The molecule has 1 aromatic heterocycles. The maximum Gasteiger partial charge on any atom is 0.153 e. The molecule has 4 N–H and O–H groups in total. The van der Waals surface area contributed by atoms with Gasteiger partial charge in [0.2, 0.25) is 0 Å². The second kappa shape index (κ2) is 7.65. The first-order valence-electron chi connectivity index (χ1n) is 8.14. The lowest BCUT2D eigenvalue weighted by Crippen LogP contribution is -2.12. The molecule has 3 aromatic rings. The number of nitrogens with one attached hydrogen (secondary N) is 2. The molecular weight excluding hydrogens is 329 g/mol. The Balaban J connectivity index is 1.82. The minimum absolute atomic E-state index is 0.243. The van der Waals surface area contributed by atoms with Crippen LogP contribution in [0.5, 0.6) is 0 Å². The van der Waals surface area contributed by atoms with Gasteiger partial charge in [-0.1, -0.05) is 24.3 Å². The minimum Gasteiger partial charge on any atom is -0.382 e. The van der Waals surface area contributed by atoms with Crippen molar-refractivity contribution in [2.75, 3.05) is 5.73 Å². The number of fused-ring (bicyclic) bond motifs is 1. The van der Waals surface area contributed by atoms with E-state index < -0.39 is 0 Å². The van der Waals surface area contributed by atoms with E-state index in [1.165, 1.54) is 6.07 Å². The number of nitrogen functional groups attached to an aromatic ring is 1. The second-order valence-corrected chi connectivity index (χ2v) is 5.91. The van der Waals surface area contributed by atoms with Crippen molar-refractivity contribution in [1.82, 2.24) is 15.5 Å². The largest absolute Gasteiger partial charge is 0.382 e. The Labute approximate surface area is 151 Å². The highest BCUT2D eigenvalue weighted by Gasteiger charge is 2.06. The molecule has 0 unspecified atom stereocenters. The standard InChI is InChI=1S/C20H20FN5/c1-13(14-7-8-19-17(10-14)20(22)26-25-19)9-16(12-23-2)24-11-15-5-3-4-6-18(15)21/h3-10,12,24H,2,11H2,1H3,(H3,22,25,26)/b13-9+,16-12+. The van der Waals surface area contributed by atoms with Gasteiger partial charge in [0.05, 0.1) is 11.2 Å². The van der Waals surface area contributed by atoms with E-state index in [0.717, 1.165) is 27.7 Å². The monoisotopic (exact) mass is 349 g/mol. The Morgan fingerprint density at radius 3 is 2.92 bits per heavy atom. The number of benzene rings is 2. The molecule has 0 bridgehead atoms. The van der Waals surface area contributed by atoms with Crippen molar-refractivity contribution in [2.45, 2.75) is 13.5 Å². The van der Waals surface area contributed by atoms with Crippen LogP contribution in [0.2, 0.25) is 0 Å². The Morgan fingerprint density at radius 2 is 2.15 bits per heavy atom. The summed E-state index contributed by atoms with van der Waals surface area (Å²) in [5, 5.41) is 11.0. The van der Waals surface area contributed by atoms with Crippen molar-refractivity contribution < 1.29 is 4.39 Å². The van der Waals surface area contributed by atoms with Gasteiger partial charge in [-0.3, -0.25) is 10.1 Å². The van der Waals surface area contributed by atoms with Crippen LogP contribution in [0.1, 0.15) is 18.1 Å². The highest BCUT2D eigenvalue weighted by Crippen LogP contribution is 2.24. The summed E-state index contributed by atoms with van der Waals surface area (Å²) in [5.41, 5.74) is 10.1. The highest BCUT2D eigenvalue weighted by molar-refractivity contribution is 5.91. The smallest absolute Gasteiger partial charge is 0.153 e. The number of halogens is 1. The highest BCUT2D eigenvalue weighted by atomic mass is 19.1.